The predicted molar refractivity (Wildman–Crippen MR) is 61.9 cm³/mol. The number of hydrogen-bond acceptors (Lipinski definition) is 2. The highest BCUT2D eigenvalue weighted by atomic mass is 79.9. The van der Waals surface area contributed by atoms with Crippen LogP contribution in [-0.4, -0.2) is 25.3 Å². The third-order valence-electron chi connectivity index (χ3n) is 0.940. The number of halogens is 1. The topological polar surface area (TPSA) is 20.3 Å². The molecular weight excluding hydrogens is 230 g/mol. The molecule has 0 saturated carbocycles. The Labute approximate surface area is 89.4 Å². The Bertz CT molecular complexity index is 195. The van der Waals surface area contributed by atoms with Gasteiger partial charge in [0.05, 0.1) is 4.48 Å². The van der Waals surface area contributed by atoms with Crippen molar-refractivity contribution in [1.29, 1.82) is 0 Å². The second kappa shape index (κ2) is 9.52. The first-order valence-electron chi connectivity index (χ1n) is 4.23. The molecule has 0 aliphatic rings. The zero-order chi connectivity index (χ0) is 10.9. The summed E-state index contributed by atoms with van der Waals surface area (Å²) in [5.41, 5.74) is 1.04. The summed E-state index contributed by atoms with van der Waals surface area (Å²) in [5, 5.41) is 0. The Balaban J connectivity index is 0. The molecule has 0 bridgehead atoms. The van der Waals surface area contributed by atoms with Crippen LogP contribution in [0.25, 0.3) is 0 Å². The molecule has 0 saturated heterocycles. The van der Waals surface area contributed by atoms with Crippen LogP contribution >= 0.6 is 15.9 Å². The van der Waals surface area contributed by atoms with E-state index in [9.17, 15) is 4.79 Å². The first-order chi connectivity index (χ1) is 6.06. The van der Waals surface area contributed by atoms with Crippen LogP contribution in [0, 0.1) is 0 Å². The monoisotopic (exact) mass is 247 g/mol. The minimum Gasteiger partial charge on any atom is -0.383 e. The normalized spacial score (nSPS) is 11.5. The number of aldehydes is 1. The van der Waals surface area contributed by atoms with Gasteiger partial charge in [0, 0.05) is 20.3 Å². The van der Waals surface area contributed by atoms with E-state index in [4.69, 9.17) is 0 Å². The molecule has 2 nitrogen and oxygen atoms in total. The lowest BCUT2D eigenvalue weighted by Crippen LogP contribution is -2.01. The van der Waals surface area contributed by atoms with Gasteiger partial charge in [-0.2, -0.15) is 0 Å². The number of rotatable bonds is 3. The number of carbonyl (C=O) groups is 1. The molecule has 0 fully saturated rings. The third-order valence-corrected chi connectivity index (χ3v) is 1.36. The molecule has 0 aromatic carbocycles. The van der Waals surface area contributed by atoms with Gasteiger partial charge in [-0.25, -0.2) is 0 Å². The van der Waals surface area contributed by atoms with Crippen molar-refractivity contribution in [3.63, 3.8) is 0 Å². The number of nitrogens with zero attached hydrogens (tertiary/aromatic N) is 1. The summed E-state index contributed by atoms with van der Waals surface area (Å²) in [4.78, 5) is 12.1. The van der Waals surface area contributed by atoms with Gasteiger partial charge in [-0.05, 0) is 34.5 Å². The molecule has 0 atom stereocenters. The highest BCUT2D eigenvalue weighted by molar-refractivity contribution is 9.12. The minimum atomic E-state index is 0.563. The molecule has 0 radical (unpaired) electrons. The maximum atomic E-state index is 10.2. The molecule has 0 unspecified atom stereocenters. The van der Waals surface area contributed by atoms with E-state index in [2.05, 4.69) is 15.9 Å². The summed E-state index contributed by atoms with van der Waals surface area (Å²) in [7, 11) is 3.87. The van der Waals surface area contributed by atoms with Gasteiger partial charge in [0.2, 0.25) is 0 Å². The van der Waals surface area contributed by atoms with Crippen molar-refractivity contribution in [3.8, 4) is 0 Å². The van der Waals surface area contributed by atoms with Crippen LogP contribution in [0.2, 0.25) is 0 Å². The van der Waals surface area contributed by atoms with Gasteiger partial charge in [-0.15, -0.1) is 0 Å². The minimum absolute atomic E-state index is 0.563. The molecule has 76 valence electrons. The first-order valence-corrected chi connectivity index (χ1v) is 5.03. The summed E-state index contributed by atoms with van der Waals surface area (Å²) in [6, 6.07) is 0. The highest BCUT2D eigenvalue weighted by Gasteiger charge is 1.88. The van der Waals surface area contributed by atoms with Crippen LogP contribution in [0.15, 0.2) is 22.3 Å². The zero-order valence-corrected chi connectivity index (χ0v) is 10.6. The average Bonchev–Trinajstić information content (AvgIpc) is 2.06. The summed E-state index contributed by atoms with van der Waals surface area (Å²) in [6.07, 6.45) is 4.48. The van der Waals surface area contributed by atoms with Gasteiger partial charge < -0.3 is 4.90 Å². The molecule has 13 heavy (non-hydrogen) atoms. The van der Waals surface area contributed by atoms with E-state index < -0.39 is 0 Å². The molecule has 3 heteroatoms. The highest BCUT2D eigenvalue weighted by Crippen LogP contribution is 2.05. The van der Waals surface area contributed by atoms with Gasteiger partial charge in [0.1, 0.15) is 0 Å². The molecule has 0 amide bonds. The standard InChI is InChI=1S/C8H12BrNO.C2H6/c1-7(5-10(2)3)4-8(9)6-11;1-2/h4-6H,1-3H3;1-2H3/b7-5-,8-4+;. The molecule has 0 aliphatic carbocycles. The van der Waals surface area contributed by atoms with Gasteiger partial charge in [-0.3, -0.25) is 4.79 Å². The van der Waals surface area contributed by atoms with Gasteiger partial charge in [0.15, 0.2) is 6.29 Å². The molecule has 0 aliphatic heterocycles. The van der Waals surface area contributed by atoms with Crippen molar-refractivity contribution in [2.75, 3.05) is 14.1 Å². The fourth-order valence-corrected chi connectivity index (χ4v) is 1.06. The number of hydrogen-bond donors (Lipinski definition) is 0. The largest absolute Gasteiger partial charge is 0.383 e. The molecule has 0 heterocycles. The van der Waals surface area contributed by atoms with Crippen molar-refractivity contribution in [1.82, 2.24) is 4.90 Å². The SMILES string of the molecule is CC.CC(=C/N(C)C)/C=C(/Br)C=O. The van der Waals surface area contributed by atoms with E-state index in [1.807, 2.05) is 46.0 Å². The van der Waals surface area contributed by atoms with E-state index >= 15 is 0 Å². The molecule has 0 N–H and O–H groups in total. The Morgan fingerprint density at radius 3 is 2.08 bits per heavy atom. The number of carbonyl (C=O) groups excluding carboxylic acids is 1. The van der Waals surface area contributed by atoms with Gasteiger partial charge in [-0.1, -0.05) is 13.8 Å². The summed E-state index contributed by atoms with van der Waals surface area (Å²) in [6.45, 7) is 5.94. The lowest BCUT2D eigenvalue weighted by Gasteiger charge is -2.04. The van der Waals surface area contributed by atoms with Crippen LogP contribution in [0.3, 0.4) is 0 Å². The average molecular weight is 248 g/mol. The lowest BCUT2D eigenvalue weighted by molar-refractivity contribution is -0.104. The molecule has 0 spiro atoms. The smallest absolute Gasteiger partial charge is 0.157 e. The van der Waals surface area contributed by atoms with Crippen molar-refractivity contribution < 1.29 is 4.79 Å². The fourth-order valence-electron chi connectivity index (χ4n) is 0.696. The zero-order valence-electron chi connectivity index (χ0n) is 8.97. The second-order valence-electron chi connectivity index (χ2n) is 2.48. The molecule has 0 aromatic rings. The van der Waals surface area contributed by atoms with Crippen molar-refractivity contribution in [2.24, 2.45) is 0 Å². The molecular formula is C10H18BrNO. The van der Waals surface area contributed by atoms with Gasteiger partial charge >= 0.3 is 0 Å². The maximum Gasteiger partial charge on any atom is 0.157 e. The summed E-state index contributed by atoms with van der Waals surface area (Å²) < 4.78 is 0.563. The predicted octanol–water partition coefficient (Wildman–Crippen LogP) is 2.96. The Hall–Kier alpha value is -0.570. The Morgan fingerprint density at radius 2 is 1.77 bits per heavy atom. The van der Waals surface area contributed by atoms with Crippen molar-refractivity contribution >= 4 is 22.2 Å². The third kappa shape index (κ3) is 11.4. The van der Waals surface area contributed by atoms with Gasteiger partial charge in [0.25, 0.3) is 0 Å². The summed E-state index contributed by atoms with van der Waals surface area (Å²) in [5.74, 6) is 0. The van der Waals surface area contributed by atoms with Crippen LogP contribution in [0.4, 0.5) is 0 Å². The van der Waals surface area contributed by atoms with Crippen LogP contribution < -0.4 is 0 Å². The Morgan fingerprint density at radius 1 is 1.31 bits per heavy atom. The van der Waals surface area contributed by atoms with Crippen molar-refractivity contribution in [2.45, 2.75) is 20.8 Å². The van der Waals surface area contributed by atoms with Crippen LogP contribution in [-0.2, 0) is 4.79 Å². The fraction of sp³-hybridized carbons (Fsp3) is 0.500. The van der Waals surface area contributed by atoms with E-state index in [0.717, 1.165) is 11.9 Å². The van der Waals surface area contributed by atoms with E-state index in [1.54, 1.807) is 6.08 Å². The number of allylic oxidation sites excluding steroid dienone is 3. The first kappa shape index (κ1) is 14.9. The lowest BCUT2D eigenvalue weighted by atomic mass is 10.3. The van der Waals surface area contributed by atoms with Crippen molar-refractivity contribution in [3.05, 3.63) is 22.3 Å². The quantitative estimate of drug-likeness (QED) is 0.435. The Kier molecular flexibility index (Phi) is 10.9. The maximum absolute atomic E-state index is 10.2. The van der Waals surface area contributed by atoms with E-state index in [0.29, 0.717) is 4.48 Å². The van der Waals surface area contributed by atoms with Crippen LogP contribution in [0.1, 0.15) is 20.8 Å². The van der Waals surface area contributed by atoms with E-state index in [-0.39, 0.29) is 0 Å². The molecule has 0 aromatic heterocycles. The molecule has 0 rings (SSSR count). The van der Waals surface area contributed by atoms with E-state index in [1.165, 1.54) is 0 Å². The summed E-state index contributed by atoms with van der Waals surface area (Å²) >= 11 is 3.10. The second-order valence-corrected chi connectivity index (χ2v) is 3.40. The van der Waals surface area contributed by atoms with Crippen LogP contribution in [0.5, 0.6) is 0 Å².